The molecule has 0 spiro atoms. The third-order valence-electron chi connectivity index (χ3n) is 4.28. The van der Waals surface area contributed by atoms with Crippen LogP contribution in [0.5, 0.6) is 5.75 Å². The summed E-state index contributed by atoms with van der Waals surface area (Å²) >= 11 is 6.23. The van der Waals surface area contributed by atoms with Crippen molar-refractivity contribution in [2.75, 3.05) is 25.1 Å². The van der Waals surface area contributed by atoms with Gasteiger partial charge in [-0.15, -0.1) is 0 Å². The molecule has 0 atom stereocenters. The summed E-state index contributed by atoms with van der Waals surface area (Å²) in [4.78, 5) is 11.7. The molecule has 134 valence electrons. The predicted octanol–water partition coefficient (Wildman–Crippen LogP) is 5.31. The van der Waals surface area contributed by atoms with Crippen LogP contribution >= 0.6 is 11.6 Å². The van der Waals surface area contributed by atoms with Crippen molar-refractivity contribution in [2.45, 2.75) is 13.8 Å². The molecule has 2 aromatic carbocycles. The number of hydrogen-bond donors (Lipinski definition) is 0. The number of rotatable bonds is 6. The first-order valence-electron chi connectivity index (χ1n) is 8.69. The number of anilines is 1. The minimum atomic E-state index is 0.657. The second-order valence-corrected chi connectivity index (χ2v) is 6.22. The largest absolute Gasteiger partial charge is 0.497 e. The van der Waals surface area contributed by atoms with Gasteiger partial charge in [0.1, 0.15) is 11.6 Å². The van der Waals surface area contributed by atoms with E-state index in [0.717, 1.165) is 41.1 Å². The highest BCUT2D eigenvalue weighted by atomic mass is 35.5. The van der Waals surface area contributed by atoms with E-state index in [-0.39, 0.29) is 0 Å². The van der Waals surface area contributed by atoms with Gasteiger partial charge in [-0.3, -0.25) is 0 Å². The molecule has 5 heteroatoms. The summed E-state index contributed by atoms with van der Waals surface area (Å²) in [6.45, 7) is 5.98. The molecule has 3 aromatic rings. The number of ether oxygens (including phenoxy) is 1. The molecule has 26 heavy (non-hydrogen) atoms. The van der Waals surface area contributed by atoms with Gasteiger partial charge in [-0.25, -0.2) is 9.97 Å². The molecule has 1 heterocycles. The molecule has 0 aliphatic heterocycles. The Bertz CT molecular complexity index is 936. The van der Waals surface area contributed by atoms with Gasteiger partial charge in [0, 0.05) is 23.5 Å². The van der Waals surface area contributed by atoms with E-state index in [4.69, 9.17) is 21.3 Å². The summed E-state index contributed by atoms with van der Waals surface area (Å²) in [7, 11) is 1.67. The van der Waals surface area contributed by atoms with Crippen LogP contribution in [0.4, 0.5) is 5.82 Å². The van der Waals surface area contributed by atoms with E-state index in [1.807, 2.05) is 54.6 Å². The monoisotopic (exact) mass is 367 g/mol. The highest BCUT2D eigenvalue weighted by Crippen LogP contribution is 2.28. The van der Waals surface area contributed by atoms with Crippen molar-refractivity contribution in [3.63, 3.8) is 0 Å². The van der Waals surface area contributed by atoms with Crippen molar-refractivity contribution >= 4 is 40.5 Å². The summed E-state index contributed by atoms with van der Waals surface area (Å²) in [6, 6.07) is 13.6. The van der Waals surface area contributed by atoms with Crippen LogP contribution in [0.15, 0.2) is 42.5 Å². The number of methoxy groups -OCH3 is 1. The van der Waals surface area contributed by atoms with Crippen LogP contribution in [-0.2, 0) is 0 Å². The molecule has 0 amide bonds. The molecule has 0 aliphatic rings. The number of halogens is 1. The number of benzene rings is 2. The van der Waals surface area contributed by atoms with Crippen LogP contribution in [0.25, 0.3) is 23.1 Å². The molecule has 0 saturated heterocycles. The Kier molecular flexibility index (Phi) is 5.74. The average Bonchev–Trinajstić information content (AvgIpc) is 2.68. The fourth-order valence-electron chi connectivity index (χ4n) is 2.85. The van der Waals surface area contributed by atoms with Crippen LogP contribution in [0.2, 0.25) is 5.02 Å². The Morgan fingerprint density at radius 1 is 1.04 bits per heavy atom. The average molecular weight is 368 g/mol. The van der Waals surface area contributed by atoms with E-state index in [1.165, 1.54) is 0 Å². The van der Waals surface area contributed by atoms with Gasteiger partial charge in [0.2, 0.25) is 0 Å². The maximum Gasteiger partial charge on any atom is 0.154 e. The van der Waals surface area contributed by atoms with Gasteiger partial charge >= 0.3 is 0 Å². The van der Waals surface area contributed by atoms with Gasteiger partial charge in [0.15, 0.2) is 5.82 Å². The molecule has 3 rings (SSSR count). The molecule has 0 fully saturated rings. The predicted molar refractivity (Wildman–Crippen MR) is 110 cm³/mol. The van der Waals surface area contributed by atoms with E-state index in [9.17, 15) is 0 Å². The second kappa shape index (κ2) is 8.19. The topological polar surface area (TPSA) is 38.2 Å². The van der Waals surface area contributed by atoms with Gasteiger partial charge in [0.25, 0.3) is 0 Å². The Balaban J connectivity index is 2.10. The third-order valence-corrected chi connectivity index (χ3v) is 4.62. The van der Waals surface area contributed by atoms with Crippen molar-refractivity contribution in [2.24, 2.45) is 0 Å². The number of fused-ring (bicyclic) bond motifs is 1. The van der Waals surface area contributed by atoms with Crippen LogP contribution in [0, 0.1) is 0 Å². The smallest absolute Gasteiger partial charge is 0.154 e. The first-order chi connectivity index (χ1) is 12.7. The van der Waals surface area contributed by atoms with Gasteiger partial charge in [-0.1, -0.05) is 29.8 Å². The lowest BCUT2D eigenvalue weighted by molar-refractivity contribution is 0.415. The second-order valence-electron chi connectivity index (χ2n) is 5.82. The molecule has 0 radical (unpaired) electrons. The van der Waals surface area contributed by atoms with E-state index >= 15 is 0 Å². The number of aromatic nitrogens is 2. The first-order valence-corrected chi connectivity index (χ1v) is 9.07. The molecule has 0 bridgehead atoms. The van der Waals surface area contributed by atoms with Crippen molar-refractivity contribution in [3.8, 4) is 5.75 Å². The lowest BCUT2D eigenvalue weighted by Gasteiger charge is -2.22. The van der Waals surface area contributed by atoms with E-state index in [1.54, 1.807) is 7.11 Å². The lowest BCUT2D eigenvalue weighted by atomic mass is 10.2. The fraction of sp³-hybridized carbons (Fsp3) is 0.238. The molecule has 0 aliphatic carbocycles. The van der Waals surface area contributed by atoms with Gasteiger partial charge in [0.05, 0.1) is 12.6 Å². The zero-order valence-corrected chi connectivity index (χ0v) is 16.0. The summed E-state index contributed by atoms with van der Waals surface area (Å²) < 4.78 is 5.37. The van der Waals surface area contributed by atoms with Crippen LogP contribution in [0.1, 0.15) is 25.2 Å². The van der Waals surface area contributed by atoms with Crippen molar-refractivity contribution in [1.82, 2.24) is 9.97 Å². The summed E-state index contributed by atoms with van der Waals surface area (Å²) in [6.07, 6.45) is 3.84. The summed E-state index contributed by atoms with van der Waals surface area (Å²) in [5.41, 5.74) is 1.83. The SMILES string of the molecule is CCN(CC)c1nc(/C=C/c2ccccc2Cl)nc2ccc(OC)cc12. The van der Waals surface area contributed by atoms with Crippen LogP contribution in [0.3, 0.4) is 0 Å². The molecular formula is C21H22ClN3O. The molecule has 0 unspecified atom stereocenters. The normalized spacial score (nSPS) is 11.2. The fourth-order valence-corrected chi connectivity index (χ4v) is 3.05. The van der Waals surface area contributed by atoms with E-state index < -0.39 is 0 Å². The zero-order valence-electron chi connectivity index (χ0n) is 15.2. The minimum absolute atomic E-state index is 0.657. The number of nitrogens with zero attached hydrogens (tertiary/aromatic N) is 3. The van der Waals surface area contributed by atoms with Crippen molar-refractivity contribution in [1.29, 1.82) is 0 Å². The summed E-state index contributed by atoms with van der Waals surface area (Å²) in [5.74, 6) is 2.37. The number of hydrogen-bond acceptors (Lipinski definition) is 4. The molecular weight excluding hydrogens is 346 g/mol. The lowest BCUT2D eigenvalue weighted by Crippen LogP contribution is -2.23. The van der Waals surface area contributed by atoms with Gasteiger partial charge in [-0.05, 0) is 55.8 Å². The van der Waals surface area contributed by atoms with E-state index in [2.05, 4.69) is 23.7 Å². The Morgan fingerprint density at radius 2 is 1.81 bits per heavy atom. The van der Waals surface area contributed by atoms with Gasteiger partial charge in [-0.2, -0.15) is 0 Å². The maximum absolute atomic E-state index is 6.23. The van der Waals surface area contributed by atoms with Crippen LogP contribution < -0.4 is 9.64 Å². The van der Waals surface area contributed by atoms with Crippen LogP contribution in [-0.4, -0.2) is 30.2 Å². The molecule has 0 saturated carbocycles. The van der Waals surface area contributed by atoms with Crippen molar-refractivity contribution in [3.05, 3.63) is 58.9 Å². The quantitative estimate of drug-likeness (QED) is 0.591. The van der Waals surface area contributed by atoms with E-state index in [0.29, 0.717) is 10.8 Å². The highest BCUT2D eigenvalue weighted by molar-refractivity contribution is 6.32. The summed E-state index contributed by atoms with van der Waals surface area (Å²) in [5, 5.41) is 1.70. The molecule has 4 nitrogen and oxygen atoms in total. The third kappa shape index (κ3) is 3.81. The maximum atomic E-state index is 6.23. The standard InChI is InChI=1S/C21H22ClN3O/c1-4-25(5-2)21-17-14-16(26-3)11-12-19(17)23-20(24-21)13-10-15-8-6-7-9-18(15)22/h6-14H,4-5H2,1-3H3/b13-10+. The molecule has 1 aromatic heterocycles. The molecule has 0 N–H and O–H groups in total. The highest BCUT2D eigenvalue weighted by Gasteiger charge is 2.12. The minimum Gasteiger partial charge on any atom is -0.497 e. The first kappa shape index (κ1) is 18.2. The Hall–Kier alpha value is -2.59. The van der Waals surface area contributed by atoms with Gasteiger partial charge < -0.3 is 9.64 Å². The Labute approximate surface area is 159 Å². The van der Waals surface area contributed by atoms with Crippen molar-refractivity contribution < 1.29 is 4.74 Å². The zero-order chi connectivity index (χ0) is 18.5. The Morgan fingerprint density at radius 3 is 2.50 bits per heavy atom.